The van der Waals surface area contributed by atoms with Crippen molar-refractivity contribution in [3.8, 4) is 28.0 Å². The highest BCUT2D eigenvalue weighted by molar-refractivity contribution is 5.90. The standard InChI is InChI=1S/C25H22F5O/c1-3-5-6-15-7-9-16(10-8-15)20-19(4-2)22(26)23(27)24(31)21(20)17-11-13-18(14-12-17)25(28,29)30/h7-14H,3-6H2,1-2H3. The summed E-state index contributed by atoms with van der Waals surface area (Å²) in [6, 6.07) is 11.1. The van der Waals surface area contributed by atoms with E-state index in [-0.39, 0.29) is 28.7 Å². The molecule has 0 fully saturated rings. The molecule has 3 aromatic carbocycles. The molecule has 3 aromatic rings. The average Bonchev–Trinajstić information content (AvgIpc) is 2.76. The zero-order chi connectivity index (χ0) is 22.8. The van der Waals surface area contributed by atoms with E-state index >= 15 is 0 Å². The van der Waals surface area contributed by atoms with Gasteiger partial charge >= 0.3 is 6.18 Å². The van der Waals surface area contributed by atoms with Crippen LogP contribution in [-0.4, -0.2) is 0 Å². The Hall–Kier alpha value is -2.89. The van der Waals surface area contributed by atoms with Gasteiger partial charge in [0.1, 0.15) is 0 Å². The smallest absolute Gasteiger partial charge is 0.286 e. The van der Waals surface area contributed by atoms with E-state index < -0.39 is 29.1 Å². The van der Waals surface area contributed by atoms with E-state index in [1.807, 2.05) is 12.1 Å². The second-order valence-electron chi connectivity index (χ2n) is 7.41. The fourth-order valence-corrected chi connectivity index (χ4v) is 3.69. The lowest BCUT2D eigenvalue weighted by molar-refractivity contribution is -0.137. The van der Waals surface area contributed by atoms with Crippen LogP contribution >= 0.6 is 0 Å². The Kier molecular flexibility index (Phi) is 6.68. The second-order valence-corrected chi connectivity index (χ2v) is 7.41. The Morgan fingerprint density at radius 3 is 1.84 bits per heavy atom. The summed E-state index contributed by atoms with van der Waals surface area (Å²) in [6.45, 7) is 3.72. The minimum atomic E-state index is -4.54. The first-order valence-electron chi connectivity index (χ1n) is 10.2. The van der Waals surface area contributed by atoms with Gasteiger partial charge in [-0.15, -0.1) is 0 Å². The zero-order valence-electron chi connectivity index (χ0n) is 17.2. The van der Waals surface area contributed by atoms with Crippen LogP contribution in [0.25, 0.3) is 22.3 Å². The minimum absolute atomic E-state index is 0.0216. The summed E-state index contributed by atoms with van der Waals surface area (Å²) in [5.74, 6) is -3.90. The number of alkyl halides is 3. The van der Waals surface area contributed by atoms with Crippen molar-refractivity contribution >= 4 is 0 Å². The molecular weight excluding hydrogens is 411 g/mol. The molecule has 0 spiro atoms. The molecule has 0 aromatic heterocycles. The zero-order valence-corrected chi connectivity index (χ0v) is 17.2. The molecule has 0 unspecified atom stereocenters. The van der Waals surface area contributed by atoms with Crippen LogP contribution in [-0.2, 0) is 24.1 Å². The van der Waals surface area contributed by atoms with Crippen LogP contribution in [0.3, 0.4) is 0 Å². The van der Waals surface area contributed by atoms with Gasteiger partial charge in [0.25, 0.3) is 0 Å². The molecule has 163 valence electrons. The van der Waals surface area contributed by atoms with E-state index in [1.165, 1.54) is 0 Å². The van der Waals surface area contributed by atoms with Crippen LogP contribution in [0, 0.1) is 11.6 Å². The van der Waals surface area contributed by atoms with E-state index in [4.69, 9.17) is 0 Å². The first kappa shape index (κ1) is 22.8. The fourth-order valence-electron chi connectivity index (χ4n) is 3.69. The summed E-state index contributed by atoms with van der Waals surface area (Å²) >= 11 is 0. The summed E-state index contributed by atoms with van der Waals surface area (Å²) in [4.78, 5) is 0. The Balaban J connectivity index is 2.22. The van der Waals surface area contributed by atoms with Crippen molar-refractivity contribution in [2.24, 2.45) is 0 Å². The number of hydrogen-bond acceptors (Lipinski definition) is 0. The van der Waals surface area contributed by atoms with E-state index in [0.717, 1.165) is 49.1 Å². The molecule has 0 aliphatic heterocycles. The van der Waals surface area contributed by atoms with Gasteiger partial charge in [-0.05, 0) is 59.2 Å². The quantitative estimate of drug-likeness (QED) is 0.348. The number of unbranched alkanes of at least 4 members (excludes halogenated alkanes) is 1. The summed E-state index contributed by atoms with van der Waals surface area (Å²) in [5.41, 5.74) is 0.917. The first-order chi connectivity index (χ1) is 14.7. The molecule has 0 amide bonds. The van der Waals surface area contributed by atoms with Gasteiger partial charge in [0.2, 0.25) is 11.6 Å². The van der Waals surface area contributed by atoms with Crippen molar-refractivity contribution in [2.45, 2.75) is 45.7 Å². The fraction of sp³-hybridized carbons (Fsp3) is 0.280. The van der Waals surface area contributed by atoms with Crippen LogP contribution in [0.5, 0.6) is 5.75 Å². The summed E-state index contributed by atoms with van der Waals surface area (Å²) < 4.78 is 67.9. The maximum Gasteiger partial charge on any atom is 0.416 e. The lowest BCUT2D eigenvalue weighted by Crippen LogP contribution is -2.05. The Morgan fingerprint density at radius 1 is 0.774 bits per heavy atom. The molecule has 0 atom stereocenters. The molecule has 3 rings (SSSR count). The Bertz CT molecular complexity index is 1050. The van der Waals surface area contributed by atoms with Crippen LogP contribution in [0.2, 0.25) is 0 Å². The molecule has 0 bridgehead atoms. The topological polar surface area (TPSA) is 19.9 Å². The molecular formula is C25H22F5O. The van der Waals surface area contributed by atoms with Crippen molar-refractivity contribution in [1.82, 2.24) is 0 Å². The maximum absolute atomic E-state index is 14.6. The highest BCUT2D eigenvalue weighted by Gasteiger charge is 2.31. The average molecular weight is 433 g/mol. The predicted octanol–water partition coefficient (Wildman–Crippen LogP) is 8.37. The predicted molar refractivity (Wildman–Crippen MR) is 110 cm³/mol. The van der Waals surface area contributed by atoms with Gasteiger partial charge < -0.3 is 0 Å². The molecule has 1 radical (unpaired) electrons. The molecule has 31 heavy (non-hydrogen) atoms. The molecule has 0 N–H and O–H groups in total. The normalized spacial score (nSPS) is 11.7. The number of aryl methyl sites for hydroxylation is 1. The van der Waals surface area contributed by atoms with Gasteiger partial charge in [-0.3, -0.25) is 5.11 Å². The highest BCUT2D eigenvalue weighted by Crippen LogP contribution is 2.45. The summed E-state index contributed by atoms with van der Waals surface area (Å²) in [7, 11) is 0. The van der Waals surface area contributed by atoms with Crippen molar-refractivity contribution in [2.75, 3.05) is 0 Å². The number of halogens is 5. The van der Waals surface area contributed by atoms with Crippen LogP contribution in [0.4, 0.5) is 22.0 Å². The molecule has 0 heterocycles. The lowest BCUT2D eigenvalue weighted by Gasteiger charge is -2.18. The summed E-state index contributed by atoms with van der Waals surface area (Å²) in [5, 5.41) is 12.7. The van der Waals surface area contributed by atoms with Crippen LogP contribution in [0.15, 0.2) is 48.5 Å². The van der Waals surface area contributed by atoms with Gasteiger partial charge in [0.15, 0.2) is 5.82 Å². The monoisotopic (exact) mass is 433 g/mol. The largest absolute Gasteiger partial charge is 0.416 e. The second kappa shape index (κ2) is 9.08. The van der Waals surface area contributed by atoms with Gasteiger partial charge in [-0.2, -0.15) is 17.6 Å². The molecule has 6 heteroatoms. The van der Waals surface area contributed by atoms with E-state index in [2.05, 4.69) is 6.92 Å². The molecule has 1 nitrogen and oxygen atoms in total. The third-order valence-corrected chi connectivity index (χ3v) is 5.35. The number of hydrogen-bond donors (Lipinski definition) is 0. The van der Waals surface area contributed by atoms with Gasteiger partial charge in [-0.25, -0.2) is 4.39 Å². The van der Waals surface area contributed by atoms with Crippen molar-refractivity contribution in [1.29, 1.82) is 0 Å². The maximum atomic E-state index is 14.6. The Labute approximate surface area is 178 Å². The third-order valence-electron chi connectivity index (χ3n) is 5.35. The molecule has 0 aliphatic rings. The number of benzene rings is 3. The Morgan fingerprint density at radius 2 is 1.32 bits per heavy atom. The molecule has 0 saturated carbocycles. The summed E-state index contributed by atoms with van der Waals surface area (Å²) in [6.07, 6.45) is -1.52. The highest BCUT2D eigenvalue weighted by atomic mass is 19.4. The third kappa shape index (κ3) is 4.58. The van der Waals surface area contributed by atoms with Crippen molar-refractivity contribution in [3.05, 3.63) is 76.9 Å². The minimum Gasteiger partial charge on any atom is -0.286 e. The van der Waals surface area contributed by atoms with Gasteiger partial charge in [0, 0.05) is 5.56 Å². The lowest BCUT2D eigenvalue weighted by atomic mass is 9.87. The van der Waals surface area contributed by atoms with Gasteiger partial charge in [-0.1, -0.05) is 56.7 Å². The van der Waals surface area contributed by atoms with Gasteiger partial charge in [0.05, 0.1) is 5.56 Å². The van der Waals surface area contributed by atoms with E-state index in [1.54, 1.807) is 19.1 Å². The van der Waals surface area contributed by atoms with E-state index in [9.17, 15) is 27.1 Å². The van der Waals surface area contributed by atoms with Crippen LogP contribution in [0.1, 0.15) is 43.4 Å². The molecule has 0 aliphatic carbocycles. The van der Waals surface area contributed by atoms with Crippen molar-refractivity contribution < 1.29 is 27.1 Å². The number of rotatable bonds is 6. The van der Waals surface area contributed by atoms with E-state index in [0.29, 0.717) is 5.56 Å². The van der Waals surface area contributed by atoms with Crippen molar-refractivity contribution in [3.63, 3.8) is 0 Å². The first-order valence-corrected chi connectivity index (χ1v) is 10.2. The molecule has 0 saturated heterocycles. The SMILES string of the molecule is CCCCc1ccc(-c2c(CC)c(F)c(F)c([O])c2-c2ccc(C(F)(F)F)cc2)cc1. The van der Waals surface area contributed by atoms with Crippen LogP contribution < -0.4 is 0 Å².